The third kappa shape index (κ3) is 4.98. The molecule has 1 unspecified atom stereocenters. The van der Waals surface area contributed by atoms with Gasteiger partial charge in [-0.25, -0.2) is 4.98 Å². The highest BCUT2D eigenvalue weighted by molar-refractivity contribution is 5.81. The summed E-state index contributed by atoms with van der Waals surface area (Å²) >= 11 is 0. The number of hydrogen-bond donors (Lipinski definition) is 0. The van der Waals surface area contributed by atoms with Gasteiger partial charge < -0.3 is 14.7 Å². The average molecular weight is 448 g/mol. The zero-order valence-corrected chi connectivity index (χ0v) is 18.1. The molecule has 0 bridgehead atoms. The van der Waals surface area contributed by atoms with Crippen LogP contribution in [-0.2, 0) is 11.0 Å². The van der Waals surface area contributed by atoms with E-state index in [0.717, 1.165) is 25.4 Å². The van der Waals surface area contributed by atoms with Gasteiger partial charge in [0, 0.05) is 64.2 Å². The van der Waals surface area contributed by atoms with Gasteiger partial charge in [0.05, 0.1) is 11.6 Å². The lowest BCUT2D eigenvalue weighted by atomic mass is 10.1. The zero-order chi connectivity index (χ0) is 22.7. The van der Waals surface area contributed by atoms with Crippen LogP contribution in [0.2, 0.25) is 0 Å². The van der Waals surface area contributed by atoms with E-state index in [1.54, 1.807) is 0 Å². The molecule has 0 spiro atoms. The second-order valence-electron chi connectivity index (χ2n) is 8.25. The summed E-state index contributed by atoms with van der Waals surface area (Å²) in [6, 6.07) is 12.5. The first-order valence-corrected chi connectivity index (χ1v) is 10.9. The molecule has 3 heterocycles. The topological polar surface area (TPSA) is 42.9 Å². The summed E-state index contributed by atoms with van der Waals surface area (Å²) in [6.07, 6.45) is -3.50. The van der Waals surface area contributed by atoms with E-state index in [-0.39, 0.29) is 11.9 Å². The van der Waals surface area contributed by atoms with E-state index >= 15 is 0 Å². The van der Waals surface area contributed by atoms with Gasteiger partial charge in [-0.1, -0.05) is 18.2 Å². The van der Waals surface area contributed by atoms with Gasteiger partial charge in [0.15, 0.2) is 0 Å². The van der Waals surface area contributed by atoms with Gasteiger partial charge >= 0.3 is 6.18 Å². The van der Waals surface area contributed by atoms with E-state index < -0.39 is 11.7 Å². The molecule has 2 fully saturated rings. The van der Waals surface area contributed by atoms with Crippen molar-refractivity contribution in [2.24, 2.45) is 0 Å². The molecule has 32 heavy (non-hydrogen) atoms. The molecule has 1 aromatic carbocycles. The first-order chi connectivity index (χ1) is 15.3. The molecule has 6 nitrogen and oxygen atoms in total. The number of nitrogens with zero attached hydrogens (tertiary/aromatic N) is 5. The van der Waals surface area contributed by atoms with Crippen molar-refractivity contribution in [3.05, 3.63) is 54.2 Å². The number of hydrogen-bond acceptors (Lipinski definition) is 5. The molecule has 2 aliphatic heterocycles. The number of amides is 1. The fraction of sp³-hybridized carbons (Fsp3) is 0.478. The predicted octanol–water partition coefficient (Wildman–Crippen LogP) is 2.96. The first kappa shape index (κ1) is 22.4. The summed E-state index contributed by atoms with van der Waals surface area (Å²) in [4.78, 5) is 25.4. The number of alkyl halides is 3. The zero-order valence-electron chi connectivity index (χ0n) is 18.1. The summed E-state index contributed by atoms with van der Waals surface area (Å²) in [5.74, 6) is 0.674. The Balaban J connectivity index is 1.27. The summed E-state index contributed by atoms with van der Waals surface area (Å²) in [5.41, 5.74) is 0.437. The molecule has 9 heteroatoms. The second kappa shape index (κ2) is 9.36. The normalized spacial score (nSPS) is 19.2. The maximum absolute atomic E-state index is 13.1. The average Bonchev–Trinajstić information content (AvgIpc) is 2.83. The number of anilines is 2. The Hall–Kier alpha value is -2.81. The maximum atomic E-state index is 13.1. The van der Waals surface area contributed by atoms with E-state index in [1.807, 2.05) is 34.9 Å². The van der Waals surface area contributed by atoms with Crippen molar-refractivity contribution in [2.45, 2.75) is 19.1 Å². The van der Waals surface area contributed by atoms with Crippen molar-refractivity contribution in [3.8, 4) is 0 Å². The fourth-order valence-corrected chi connectivity index (χ4v) is 4.32. The van der Waals surface area contributed by atoms with Gasteiger partial charge in [-0.3, -0.25) is 9.69 Å². The number of benzene rings is 1. The van der Waals surface area contributed by atoms with Gasteiger partial charge in [0.2, 0.25) is 5.91 Å². The van der Waals surface area contributed by atoms with Crippen LogP contribution in [0.25, 0.3) is 0 Å². The van der Waals surface area contributed by atoms with Crippen molar-refractivity contribution in [2.75, 3.05) is 62.2 Å². The van der Waals surface area contributed by atoms with E-state index in [9.17, 15) is 18.0 Å². The maximum Gasteiger partial charge on any atom is 0.417 e. The van der Waals surface area contributed by atoms with Crippen molar-refractivity contribution in [1.82, 2.24) is 14.8 Å². The summed E-state index contributed by atoms with van der Waals surface area (Å²) < 4.78 is 38.2. The molecule has 2 aromatic rings. The lowest BCUT2D eigenvalue weighted by Gasteiger charge is -2.41. The standard InChI is InChI=1S/C23H28F3N5O/c1-18(22(32)31-15-11-29(12-16-31)20-5-3-2-4-6-20)28-9-13-30(14-10-28)21-8-7-19(17-27-21)23(24,25)26/h2-8,17-18H,9-16H2,1H3. The summed E-state index contributed by atoms with van der Waals surface area (Å²) in [7, 11) is 0. The van der Waals surface area contributed by atoms with E-state index in [0.29, 0.717) is 45.1 Å². The Morgan fingerprint density at radius 3 is 2.06 bits per heavy atom. The third-order valence-corrected chi connectivity index (χ3v) is 6.33. The Bertz CT molecular complexity index is 890. The van der Waals surface area contributed by atoms with Crippen molar-refractivity contribution >= 4 is 17.4 Å². The van der Waals surface area contributed by atoms with Crippen molar-refractivity contribution < 1.29 is 18.0 Å². The Labute approximate surface area is 186 Å². The number of carbonyl (C=O) groups is 1. The largest absolute Gasteiger partial charge is 0.417 e. The van der Waals surface area contributed by atoms with Crippen LogP contribution in [0.5, 0.6) is 0 Å². The summed E-state index contributed by atoms with van der Waals surface area (Å²) in [6.45, 7) is 7.55. The number of carbonyl (C=O) groups excluding carboxylic acids is 1. The molecule has 2 saturated heterocycles. The molecule has 4 rings (SSSR count). The molecule has 0 aliphatic carbocycles. The van der Waals surface area contributed by atoms with Crippen molar-refractivity contribution in [3.63, 3.8) is 0 Å². The van der Waals surface area contributed by atoms with Crippen LogP contribution >= 0.6 is 0 Å². The van der Waals surface area contributed by atoms with Crippen LogP contribution in [0, 0.1) is 0 Å². The van der Waals surface area contributed by atoms with Crippen LogP contribution in [-0.4, -0.2) is 79.1 Å². The minimum Gasteiger partial charge on any atom is -0.368 e. The highest BCUT2D eigenvalue weighted by atomic mass is 19.4. The van der Waals surface area contributed by atoms with Gasteiger partial charge in [0.1, 0.15) is 5.82 Å². The smallest absolute Gasteiger partial charge is 0.368 e. The van der Waals surface area contributed by atoms with Crippen LogP contribution in [0.1, 0.15) is 12.5 Å². The van der Waals surface area contributed by atoms with Gasteiger partial charge in [-0.15, -0.1) is 0 Å². The monoisotopic (exact) mass is 447 g/mol. The first-order valence-electron chi connectivity index (χ1n) is 10.9. The van der Waals surface area contributed by atoms with Crippen LogP contribution in [0.4, 0.5) is 24.7 Å². The lowest BCUT2D eigenvalue weighted by molar-refractivity contribution is -0.138. The lowest BCUT2D eigenvalue weighted by Crippen LogP contribution is -2.57. The quantitative estimate of drug-likeness (QED) is 0.721. The number of piperazine rings is 2. The van der Waals surface area contributed by atoms with Crippen molar-refractivity contribution in [1.29, 1.82) is 0 Å². The van der Waals surface area contributed by atoms with E-state index in [2.05, 4.69) is 26.9 Å². The van der Waals surface area contributed by atoms with Crippen LogP contribution < -0.4 is 9.80 Å². The molecule has 1 aromatic heterocycles. The predicted molar refractivity (Wildman–Crippen MR) is 118 cm³/mol. The van der Waals surface area contributed by atoms with Gasteiger partial charge in [-0.05, 0) is 31.2 Å². The van der Waals surface area contributed by atoms with Crippen LogP contribution in [0.15, 0.2) is 48.7 Å². The number of para-hydroxylation sites is 1. The Morgan fingerprint density at radius 2 is 1.50 bits per heavy atom. The molecular formula is C23H28F3N5O. The molecular weight excluding hydrogens is 419 g/mol. The van der Waals surface area contributed by atoms with E-state index in [4.69, 9.17) is 0 Å². The number of aromatic nitrogens is 1. The number of rotatable bonds is 4. The fourth-order valence-electron chi connectivity index (χ4n) is 4.32. The second-order valence-corrected chi connectivity index (χ2v) is 8.25. The SMILES string of the molecule is CC(C(=O)N1CCN(c2ccccc2)CC1)N1CCN(c2ccc(C(F)(F)F)cn2)CC1. The minimum absolute atomic E-state index is 0.138. The minimum atomic E-state index is -4.38. The molecule has 0 saturated carbocycles. The molecule has 172 valence electrons. The molecule has 0 N–H and O–H groups in total. The van der Waals surface area contributed by atoms with Gasteiger partial charge in [0.25, 0.3) is 0 Å². The highest BCUT2D eigenvalue weighted by Crippen LogP contribution is 2.29. The Kier molecular flexibility index (Phi) is 6.55. The summed E-state index contributed by atoms with van der Waals surface area (Å²) in [5, 5.41) is 0. The van der Waals surface area contributed by atoms with Gasteiger partial charge in [-0.2, -0.15) is 13.2 Å². The molecule has 1 amide bonds. The molecule has 1 atom stereocenters. The third-order valence-electron chi connectivity index (χ3n) is 6.33. The van der Waals surface area contributed by atoms with E-state index in [1.165, 1.54) is 11.8 Å². The number of halogens is 3. The number of pyridine rings is 1. The highest BCUT2D eigenvalue weighted by Gasteiger charge is 2.32. The van der Waals surface area contributed by atoms with Crippen LogP contribution in [0.3, 0.4) is 0 Å². The Morgan fingerprint density at radius 1 is 0.875 bits per heavy atom. The molecule has 0 radical (unpaired) electrons. The molecule has 2 aliphatic rings.